The van der Waals surface area contributed by atoms with Gasteiger partial charge in [-0.2, -0.15) is 0 Å². The van der Waals surface area contributed by atoms with Crippen molar-refractivity contribution in [1.82, 2.24) is 0 Å². The van der Waals surface area contributed by atoms with Gasteiger partial charge in [-0.1, -0.05) is 37.3 Å². The van der Waals surface area contributed by atoms with E-state index in [2.05, 4.69) is 18.3 Å². The molecule has 0 aliphatic rings. The lowest BCUT2D eigenvalue weighted by atomic mass is 10.2. The molecule has 0 aliphatic heterocycles. The third kappa shape index (κ3) is 3.51. The molecule has 4 nitrogen and oxygen atoms in total. The number of hydrogen-bond donors (Lipinski definition) is 1. The van der Waals surface area contributed by atoms with E-state index in [-0.39, 0.29) is 10.6 Å². The lowest BCUT2D eigenvalue weighted by Crippen LogP contribution is -2.03. The number of nitro groups is 1. The molecule has 20 heavy (non-hydrogen) atoms. The molecule has 0 atom stereocenters. The van der Waals surface area contributed by atoms with Gasteiger partial charge in [0.1, 0.15) is 0 Å². The Labute approximate surface area is 122 Å². The monoisotopic (exact) mass is 288 g/mol. The van der Waals surface area contributed by atoms with Gasteiger partial charge >= 0.3 is 0 Å². The van der Waals surface area contributed by atoms with Crippen molar-refractivity contribution in [2.75, 3.05) is 11.1 Å². The van der Waals surface area contributed by atoms with Gasteiger partial charge in [0.2, 0.25) is 0 Å². The van der Waals surface area contributed by atoms with E-state index in [9.17, 15) is 10.1 Å². The summed E-state index contributed by atoms with van der Waals surface area (Å²) >= 11 is 1.75. The molecule has 0 radical (unpaired) electrons. The highest BCUT2D eigenvalue weighted by atomic mass is 32.2. The minimum Gasteiger partial charge on any atom is -0.380 e. The summed E-state index contributed by atoms with van der Waals surface area (Å²) in [6.45, 7) is 2.54. The molecule has 2 rings (SSSR count). The zero-order valence-corrected chi connectivity index (χ0v) is 12.0. The van der Waals surface area contributed by atoms with Crippen molar-refractivity contribution in [3.05, 3.63) is 64.2 Å². The Balaban J connectivity index is 2.15. The summed E-state index contributed by atoms with van der Waals surface area (Å²) in [5.74, 6) is 0.990. The van der Waals surface area contributed by atoms with E-state index in [1.54, 1.807) is 23.9 Å². The molecule has 0 aliphatic carbocycles. The number of rotatable bonds is 6. The van der Waals surface area contributed by atoms with Gasteiger partial charge in [-0.05, 0) is 17.9 Å². The van der Waals surface area contributed by atoms with Crippen LogP contribution < -0.4 is 5.32 Å². The quantitative estimate of drug-likeness (QED) is 0.488. The second-order valence-electron chi connectivity index (χ2n) is 4.17. The largest absolute Gasteiger partial charge is 0.380 e. The molecule has 0 fully saturated rings. The Morgan fingerprint density at radius 3 is 2.60 bits per heavy atom. The van der Waals surface area contributed by atoms with Crippen LogP contribution in [-0.2, 0) is 6.54 Å². The Kier molecular flexibility index (Phi) is 5.01. The number of thioether (sulfide) groups is 1. The van der Waals surface area contributed by atoms with Gasteiger partial charge in [0.25, 0.3) is 5.69 Å². The van der Waals surface area contributed by atoms with E-state index >= 15 is 0 Å². The van der Waals surface area contributed by atoms with Gasteiger partial charge in [0, 0.05) is 28.8 Å². The summed E-state index contributed by atoms with van der Waals surface area (Å²) < 4.78 is 0. The molecule has 0 saturated heterocycles. The highest BCUT2D eigenvalue weighted by Crippen LogP contribution is 2.27. The van der Waals surface area contributed by atoms with Crippen LogP contribution >= 0.6 is 11.8 Å². The summed E-state index contributed by atoms with van der Waals surface area (Å²) in [5.41, 5.74) is 1.85. The van der Waals surface area contributed by atoms with Crippen molar-refractivity contribution in [1.29, 1.82) is 0 Å². The number of para-hydroxylation sites is 2. The fourth-order valence-electron chi connectivity index (χ4n) is 1.92. The maximum atomic E-state index is 11.0. The molecule has 5 heteroatoms. The molecule has 2 aromatic rings. The second-order valence-corrected chi connectivity index (χ2v) is 5.47. The van der Waals surface area contributed by atoms with Crippen LogP contribution in [0, 0.1) is 10.1 Å². The molecule has 1 N–H and O–H groups in total. The third-order valence-electron chi connectivity index (χ3n) is 2.84. The van der Waals surface area contributed by atoms with Gasteiger partial charge in [0.05, 0.1) is 4.92 Å². The summed E-state index contributed by atoms with van der Waals surface area (Å²) in [6.07, 6.45) is 0. The summed E-state index contributed by atoms with van der Waals surface area (Å²) in [7, 11) is 0. The lowest BCUT2D eigenvalue weighted by molar-refractivity contribution is -0.385. The van der Waals surface area contributed by atoms with E-state index < -0.39 is 0 Å². The number of nitrogens with zero attached hydrogens (tertiary/aromatic N) is 1. The highest BCUT2D eigenvalue weighted by molar-refractivity contribution is 7.99. The molecule has 2 aromatic carbocycles. The van der Waals surface area contributed by atoms with E-state index in [4.69, 9.17) is 0 Å². The second kappa shape index (κ2) is 6.96. The standard InChI is InChI=1S/C15H16N2O2S/c1-2-20-15-10-6-4-8-13(15)16-11-12-7-3-5-9-14(12)17(18)19/h3-10,16H,2,11H2,1H3. The minimum absolute atomic E-state index is 0.153. The highest BCUT2D eigenvalue weighted by Gasteiger charge is 2.12. The smallest absolute Gasteiger partial charge is 0.274 e. The molecule has 0 heterocycles. The molecule has 0 spiro atoms. The Bertz CT molecular complexity index is 602. The first-order valence-corrected chi connectivity index (χ1v) is 7.39. The van der Waals surface area contributed by atoms with E-state index in [1.807, 2.05) is 24.3 Å². The maximum Gasteiger partial charge on any atom is 0.274 e. The van der Waals surface area contributed by atoms with Crippen LogP contribution in [0.15, 0.2) is 53.4 Å². The SMILES string of the molecule is CCSc1ccccc1NCc1ccccc1[N+](=O)[O-]. The fourth-order valence-corrected chi connectivity index (χ4v) is 2.70. The molecule has 0 saturated carbocycles. The molecule has 104 valence electrons. The molecule has 0 aromatic heterocycles. The zero-order valence-electron chi connectivity index (χ0n) is 11.2. The summed E-state index contributed by atoms with van der Waals surface area (Å²) in [4.78, 5) is 11.8. The zero-order chi connectivity index (χ0) is 14.4. The molecule has 0 amide bonds. The number of benzene rings is 2. The molecular weight excluding hydrogens is 272 g/mol. The summed E-state index contributed by atoms with van der Waals surface area (Å²) in [6, 6.07) is 14.8. The van der Waals surface area contributed by atoms with Crippen molar-refractivity contribution in [2.45, 2.75) is 18.4 Å². The van der Waals surface area contributed by atoms with Gasteiger partial charge in [0.15, 0.2) is 0 Å². The van der Waals surface area contributed by atoms with Crippen molar-refractivity contribution in [2.24, 2.45) is 0 Å². The van der Waals surface area contributed by atoms with Crippen molar-refractivity contribution < 1.29 is 4.92 Å². The average Bonchev–Trinajstić information content (AvgIpc) is 2.47. The number of nitro benzene ring substituents is 1. The Morgan fingerprint density at radius 2 is 1.85 bits per heavy atom. The van der Waals surface area contributed by atoms with Crippen LogP contribution in [0.3, 0.4) is 0 Å². The van der Waals surface area contributed by atoms with Crippen molar-refractivity contribution in [3.8, 4) is 0 Å². The van der Waals surface area contributed by atoms with Crippen LogP contribution in [-0.4, -0.2) is 10.7 Å². The van der Waals surface area contributed by atoms with E-state index in [0.29, 0.717) is 12.1 Å². The van der Waals surface area contributed by atoms with Gasteiger partial charge in [-0.25, -0.2) is 0 Å². The Morgan fingerprint density at radius 1 is 1.15 bits per heavy atom. The van der Waals surface area contributed by atoms with Crippen LogP contribution in [0.1, 0.15) is 12.5 Å². The minimum atomic E-state index is -0.344. The maximum absolute atomic E-state index is 11.0. The first kappa shape index (κ1) is 14.4. The predicted molar refractivity (Wildman–Crippen MR) is 83.3 cm³/mol. The van der Waals surface area contributed by atoms with Crippen LogP contribution in [0.4, 0.5) is 11.4 Å². The molecule has 0 unspecified atom stereocenters. The fraction of sp³-hybridized carbons (Fsp3) is 0.200. The van der Waals surface area contributed by atoms with Gasteiger partial charge < -0.3 is 5.32 Å². The number of hydrogen-bond acceptors (Lipinski definition) is 4. The lowest BCUT2D eigenvalue weighted by Gasteiger charge is -2.11. The van der Waals surface area contributed by atoms with Gasteiger partial charge in [-0.15, -0.1) is 11.8 Å². The Hall–Kier alpha value is -2.01. The summed E-state index contributed by atoms with van der Waals surface area (Å²) in [5, 5.41) is 14.3. The van der Waals surface area contributed by atoms with E-state index in [0.717, 1.165) is 16.3 Å². The van der Waals surface area contributed by atoms with Gasteiger partial charge in [-0.3, -0.25) is 10.1 Å². The first-order valence-electron chi connectivity index (χ1n) is 6.40. The normalized spacial score (nSPS) is 10.2. The third-order valence-corrected chi connectivity index (χ3v) is 3.80. The molecule has 0 bridgehead atoms. The van der Waals surface area contributed by atoms with Crippen molar-refractivity contribution in [3.63, 3.8) is 0 Å². The van der Waals surface area contributed by atoms with Crippen LogP contribution in [0.25, 0.3) is 0 Å². The number of nitrogens with one attached hydrogen (secondary N) is 1. The number of anilines is 1. The van der Waals surface area contributed by atoms with Crippen LogP contribution in [0.2, 0.25) is 0 Å². The topological polar surface area (TPSA) is 55.2 Å². The van der Waals surface area contributed by atoms with Crippen molar-refractivity contribution >= 4 is 23.1 Å². The first-order chi connectivity index (χ1) is 9.72. The van der Waals surface area contributed by atoms with Crippen LogP contribution in [0.5, 0.6) is 0 Å². The average molecular weight is 288 g/mol. The predicted octanol–water partition coefficient (Wildman–Crippen LogP) is 4.32. The molecular formula is C15H16N2O2S. The van der Waals surface area contributed by atoms with E-state index in [1.165, 1.54) is 6.07 Å².